The molecule has 0 spiro atoms. The zero-order valence-corrected chi connectivity index (χ0v) is 13.3. The van der Waals surface area contributed by atoms with Gasteiger partial charge in [-0.25, -0.2) is 0 Å². The average molecular weight is 314 g/mol. The van der Waals surface area contributed by atoms with Crippen molar-refractivity contribution in [2.45, 2.75) is 24.6 Å². The van der Waals surface area contributed by atoms with Gasteiger partial charge in [-0.3, -0.25) is 4.90 Å². The fraction of sp³-hybridized carbons (Fsp3) is 0.600. The third-order valence-corrected chi connectivity index (χ3v) is 5.35. The van der Waals surface area contributed by atoms with E-state index in [0.717, 1.165) is 30.6 Å². The lowest BCUT2D eigenvalue weighted by molar-refractivity contribution is 0.171. The summed E-state index contributed by atoms with van der Waals surface area (Å²) in [7, 11) is 0. The summed E-state index contributed by atoms with van der Waals surface area (Å²) in [6.07, 6.45) is 4.76. The summed E-state index contributed by atoms with van der Waals surface area (Å²) < 4.78 is 11.2. The normalized spacial score (nSPS) is 20.1. The number of nitrogens with zero attached hydrogens (tertiary/aromatic N) is 1. The van der Waals surface area contributed by atoms with Gasteiger partial charge >= 0.3 is 0 Å². The molecule has 0 atom stereocenters. The molecule has 0 unspecified atom stereocenters. The van der Waals surface area contributed by atoms with Crippen molar-refractivity contribution < 1.29 is 9.47 Å². The van der Waals surface area contributed by atoms with E-state index in [0.29, 0.717) is 24.0 Å². The number of halogens is 1. The first kappa shape index (κ1) is 14.4. The minimum Gasteiger partial charge on any atom is -0.486 e. The first-order chi connectivity index (χ1) is 9.76. The molecule has 2 heterocycles. The maximum atomic E-state index is 6.28. The third kappa shape index (κ3) is 3.18. The number of rotatable bonds is 3. The predicted molar refractivity (Wildman–Crippen MR) is 84.3 cm³/mol. The zero-order chi connectivity index (χ0) is 13.9. The van der Waals surface area contributed by atoms with Crippen molar-refractivity contribution in [2.24, 2.45) is 0 Å². The summed E-state index contributed by atoms with van der Waals surface area (Å²) in [5, 5.41) is 1.49. The van der Waals surface area contributed by atoms with Crippen LogP contribution in [0.1, 0.15) is 18.4 Å². The Kier molecular flexibility index (Phi) is 4.64. The Morgan fingerprint density at radius 2 is 2.00 bits per heavy atom. The molecule has 1 aromatic carbocycles. The number of hydrogen-bond acceptors (Lipinski definition) is 4. The molecule has 3 rings (SSSR count). The molecule has 3 nitrogen and oxygen atoms in total. The molecule has 0 aliphatic carbocycles. The van der Waals surface area contributed by atoms with Gasteiger partial charge in [-0.05, 0) is 49.9 Å². The number of likely N-dealkylation sites (tertiary alicyclic amines) is 1. The van der Waals surface area contributed by atoms with Crippen molar-refractivity contribution in [3.8, 4) is 11.5 Å². The summed E-state index contributed by atoms with van der Waals surface area (Å²) in [5.74, 6) is 1.49. The average Bonchev–Trinajstić information content (AvgIpc) is 2.48. The number of thioether (sulfide) groups is 1. The number of piperidine rings is 1. The second kappa shape index (κ2) is 6.46. The van der Waals surface area contributed by atoms with Crippen LogP contribution < -0.4 is 9.47 Å². The van der Waals surface area contributed by atoms with Gasteiger partial charge in [0.15, 0.2) is 11.5 Å². The van der Waals surface area contributed by atoms with Gasteiger partial charge < -0.3 is 9.47 Å². The van der Waals surface area contributed by atoms with Gasteiger partial charge in [0.05, 0.1) is 5.02 Å². The van der Waals surface area contributed by atoms with Gasteiger partial charge in [-0.2, -0.15) is 11.8 Å². The standard InChI is InChI=1S/C15H20ClNO2S/c1-20-12-2-4-17(5-3-12)10-11-8-13(16)15-14(9-11)18-6-7-19-15/h8-9,12H,2-7,10H2,1H3. The molecule has 20 heavy (non-hydrogen) atoms. The molecule has 1 aromatic rings. The quantitative estimate of drug-likeness (QED) is 0.852. The molecule has 1 fully saturated rings. The van der Waals surface area contributed by atoms with Gasteiger partial charge in [-0.1, -0.05) is 11.6 Å². The molecule has 5 heteroatoms. The highest BCUT2D eigenvalue weighted by atomic mass is 35.5. The smallest absolute Gasteiger partial charge is 0.179 e. The van der Waals surface area contributed by atoms with Crippen LogP contribution in [-0.4, -0.2) is 42.7 Å². The van der Waals surface area contributed by atoms with Crippen molar-refractivity contribution in [1.29, 1.82) is 0 Å². The Hall–Kier alpha value is -0.580. The van der Waals surface area contributed by atoms with Crippen LogP contribution in [0.5, 0.6) is 11.5 Å². The van der Waals surface area contributed by atoms with Crippen LogP contribution in [0.4, 0.5) is 0 Å². The molecule has 110 valence electrons. The first-order valence-corrected chi connectivity index (χ1v) is 8.76. The lowest BCUT2D eigenvalue weighted by atomic mass is 10.1. The highest BCUT2D eigenvalue weighted by Crippen LogP contribution is 2.38. The molecule has 0 saturated carbocycles. The van der Waals surface area contributed by atoms with Crippen molar-refractivity contribution in [1.82, 2.24) is 4.90 Å². The molecule has 0 radical (unpaired) electrons. The lowest BCUT2D eigenvalue weighted by Gasteiger charge is -2.31. The number of benzene rings is 1. The van der Waals surface area contributed by atoms with Crippen molar-refractivity contribution >= 4 is 23.4 Å². The highest BCUT2D eigenvalue weighted by molar-refractivity contribution is 7.99. The van der Waals surface area contributed by atoms with Gasteiger partial charge in [0.2, 0.25) is 0 Å². The third-order valence-electron chi connectivity index (χ3n) is 3.93. The number of ether oxygens (including phenoxy) is 2. The molecule has 0 bridgehead atoms. The SMILES string of the molecule is CSC1CCN(Cc2cc(Cl)c3c(c2)OCCO3)CC1. The Morgan fingerprint density at radius 1 is 1.25 bits per heavy atom. The van der Waals surface area contributed by atoms with Crippen LogP contribution >= 0.6 is 23.4 Å². The van der Waals surface area contributed by atoms with Crippen LogP contribution in [0.2, 0.25) is 5.02 Å². The van der Waals surface area contributed by atoms with Gasteiger partial charge in [0.25, 0.3) is 0 Å². The molecular formula is C15H20ClNO2S. The van der Waals surface area contributed by atoms with E-state index in [1.54, 1.807) is 0 Å². The van der Waals surface area contributed by atoms with E-state index in [2.05, 4.69) is 17.2 Å². The molecular weight excluding hydrogens is 294 g/mol. The largest absolute Gasteiger partial charge is 0.486 e. The predicted octanol–water partition coefficient (Wildman–Crippen LogP) is 3.44. The minimum atomic E-state index is 0.578. The fourth-order valence-electron chi connectivity index (χ4n) is 2.82. The fourth-order valence-corrected chi connectivity index (χ4v) is 3.79. The van der Waals surface area contributed by atoms with E-state index < -0.39 is 0 Å². The number of fused-ring (bicyclic) bond motifs is 1. The van der Waals surface area contributed by atoms with Crippen molar-refractivity contribution in [2.75, 3.05) is 32.6 Å². The highest BCUT2D eigenvalue weighted by Gasteiger charge is 2.21. The van der Waals surface area contributed by atoms with Crippen LogP contribution in [-0.2, 0) is 6.54 Å². The maximum absolute atomic E-state index is 6.28. The van der Waals surface area contributed by atoms with E-state index >= 15 is 0 Å². The van der Waals surface area contributed by atoms with Gasteiger partial charge in [0, 0.05) is 11.8 Å². The van der Waals surface area contributed by atoms with E-state index in [1.165, 1.54) is 18.4 Å². The van der Waals surface area contributed by atoms with Crippen molar-refractivity contribution in [3.05, 3.63) is 22.7 Å². The lowest BCUT2D eigenvalue weighted by Crippen LogP contribution is -2.34. The van der Waals surface area contributed by atoms with E-state index in [-0.39, 0.29) is 0 Å². The zero-order valence-electron chi connectivity index (χ0n) is 11.7. The van der Waals surface area contributed by atoms with Gasteiger partial charge in [0.1, 0.15) is 13.2 Å². The monoisotopic (exact) mass is 313 g/mol. The molecule has 1 saturated heterocycles. The summed E-state index contributed by atoms with van der Waals surface area (Å²) in [4.78, 5) is 2.49. The first-order valence-electron chi connectivity index (χ1n) is 7.09. The Morgan fingerprint density at radius 3 is 2.75 bits per heavy atom. The van der Waals surface area contributed by atoms with E-state index in [4.69, 9.17) is 21.1 Å². The van der Waals surface area contributed by atoms with Crippen LogP contribution in [0.25, 0.3) is 0 Å². The molecule has 0 aromatic heterocycles. The molecule has 0 N–H and O–H groups in total. The Balaban J connectivity index is 1.67. The van der Waals surface area contributed by atoms with Crippen molar-refractivity contribution in [3.63, 3.8) is 0 Å². The summed E-state index contributed by atoms with van der Waals surface area (Å²) in [5.41, 5.74) is 1.21. The van der Waals surface area contributed by atoms with Gasteiger partial charge in [-0.15, -0.1) is 0 Å². The summed E-state index contributed by atoms with van der Waals surface area (Å²) in [6, 6.07) is 4.08. The Bertz CT molecular complexity index is 475. The number of hydrogen-bond donors (Lipinski definition) is 0. The second-order valence-electron chi connectivity index (χ2n) is 5.31. The maximum Gasteiger partial charge on any atom is 0.179 e. The van der Waals surface area contributed by atoms with E-state index in [9.17, 15) is 0 Å². The van der Waals surface area contributed by atoms with E-state index in [1.807, 2.05) is 17.8 Å². The van der Waals surface area contributed by atoms with Crippen LogP contribution in [0, 0.1) is 0 Å². The summed E-state index contributed by atoms with van der Waals surface area (Å²) in [6.45, 7) is 4.45. The van der Waals surface area contributed by atoms with Crippen LogP contribution in [0.3, 0.4) is 0 Å². The topological polar surface area (TPSA) is 21.7 Å². The second-order valence-corrected chi connectivity index (χ2v) is 6.86. The molecule has 0 amide bonds. The van der Waals surface area contributed by atoms with Crippen LogP contribution in [0.15, 0.2) is 12.1 Å². The molecule has 2 aliphatic heterocycles. The Labute approximate surface area is 129 Å². The summed E-state index contributed by atoms with van der Waals surface area (Å²) >= 11 is 8.27. The molecule has 2 aliphatic rings. The minimum absolute atomic E-state index is 0.578.